The molecule has 2 aliphatic heterocycles. The van der Waals surface area contributed by atoms with E-state index in [-0.39, 0.29) is 12.3 Å². The first-order chi connectivity index (χ1) is 18.2. The number of fused-ring (bicyclic) bond motifs is 3. The molecular weight excluding hydrogens is 528 g/mol. The molecule has 2 aliphatic rings. The highest BCUT2D eigenvalue weighted by molar-refractivity contribution is 9.10. The molecule has 6 rings (SSSR count). The molecule has 0 saturated heterocycles. The lowest BCUT2D eigenvalue weighted by Gasteiger charge is -2.38. The summed E-state index contributed by atoms with van der Waals surface area (Å²) in [5, 5.41) is 7.18. The fourth-order valence-corrected chi connectivity index (χ4v) is 5.21. The molecule has 37 heavy (non-hydrogen) atoms. The van der Waals surface area contributed by atoms with E-state index in [1.807, 2.05) is 61.5 Å². The maximum Gasteiger partial charge on any atom is 0.213 e. The second kappa shape index (κ2) is 10.3. The predicted molar refractivity (Wildman–Crippen MR) is 148 cm³/mol. The monoisotopic (exact) mass is 554 g/mol. The van der Waals surface area contributed by atoms with Gasteiger partial charge in [-0.1, -0.05) is 46.3 Å². The molecule has 2 atom stereocenters. The van der Waals surface area contributed by atoms with Crippen molar-refractivity contribution < 1.29 is 14.2 Å². The minimum atomic E-state index is -0.331. The molecule has 0 saturated carbocycles. The van der Waals surface area contributed by atoms with E-state index in [0.717, 1.165) is 56.1 Å². The number of benzene rings is 4. The van der Waals surface area contributed by atoms with Crippen molar-refractivity contribution in [2.75, 3.05) is 6.61 Å². The molecule has 0 radical (unpaired) electrons. The van der Waals surface area contributed by atoms with Crippen LogP contribution in [0.4, 0.5) is 0 Å². The molecule has 0 N–H and O–H groups in total. The minimum absolute atomic E-state index is 0.0850. The van der Waals surface area contributed by atoms with Crippen LogP contribution in [0.1, 0.15) is 47.9 Å². The van der Waals surface area contributed by atoms with Crippen molar-refractivity contribution >= 4 is 21.6 Å². The number of hydrogen-bond acceptors (Lipinski definition) is 5. The van der Waals surface area contributed by atoms with Crippen LogP contribution in [0.25, 0.3) is 0 Å². The molecule has 0 bridgehead atoms. The summed E-state index contributed by atoms with van der Waals surface area (Å²) in [6, 6.07) is 32.8. The Morgan fingerprint density at radius 2 is 1.62 bits per heavy atom. The van der Waals surface area contributed by atoms with Crippen molar-refractivity contribution in [3.8, 4) is 17.2 Å². The summed E-state index contributed by atoms with van der Waals surface area (Å²) < 4.78 is 19.2. The molecule has 5 nitrogen and oxygen atoms in total. The number of rotatable bonds is 7. The Hall–Kier alpha value is -3.77. The zero-order valence-corrected chi connectivity index (χ0v) is 22.1. The van der Waals surface area contributed by atoms with Crippen molar-refractivity contribution in [2.45, 2.75) is 32.2 Å². The van der Waals surface area contributed by atoms with Crippen molar-refractivity contribution in [1.82, 2.24) is 5.01 Å². The van der Waals surface area contributed by atoms with Gasteiger partial charge in [0.2, 0.25) is 6.23 Å². The van der Waals surface area contributed by atoms with Crippen LogP contribution in [-0.4, -0.2) is 17.3 Å². The van der Waals surface area contributed by atoms with Crippen LogP contribution < -0.4 is 14.2 Å². The second-order valence-electron chi connectivity index (χ2n) is 9.10. The Labute approximate surface area is 225 Å². The van der Waals surface area contributed by atoms with Crippen LogP contribution in [0.15, 0.2) is 107 Å². The summed E-state index contributed by atoms with van der Waals surface area (Å²) in [7, 11) is 0. The SMILES string of the molecule is CCOc1ccc(C2=NN3[C@@H](C2)c2cc(Br)ccc2O[C@H]3c2ccc(OCc3ccccc3)cc2)cc1. The highest BCUT2D eigenvalue weighted by Crippen LogP contribution is 2.48. The summed E-state index contributed by atoms with van der Waals surface area (Å²) in [5.74, 6) is 2.58. The van der Waals surface area contributed by atoms with Crippen LogP contribution in [0.2, 0.25) is 0 Å². The lowest BCUT2D eigenvalue weighted by atomic mass is 9.96. The van der Waals surface area contributed by atoms with E-state index in [1.165, 1.54) is 0 Å². The van der Waals surface area contributed by atoms with E-state index in [4.69, 9.17) is 19.3 Å². The van der Waals surface area contributed by atoms with Gasteiger partial charge in [0, 0.05) is 22.0 Å². The Balaban J connectivity index is 1.28. The summed E-state index contributed by atoms with van der Waals surface area (Å²) in [5.41, 5.74) is 5.44. The maximum absolute atomic E-state index is 6.53. The van der Waals surface area contributed by atoms with Gasteiger partial charge in [-0.3, -0.25) is 0 Å². The molecule has 0 aromatic heterocycles. The van der Waals surface area contributed by atoms with E-state index < -0.39 is 0 Å². The fourth-order valence-electron chi connectivity index (χ4n) is 4.83. The zero-order valence-electron chi connectivity index (χ0n) is 20.5. The van der Waals surface area contributed by atoms with Crippen molar-refractivity contribution in [2.24, 2.45) is 5.10 Å². The first-order valence-electron chi connectivity index (χ1n) is 12.5. The van der Waals surface area contributed by atoms with Crippen LogP contribution in [0, 0.1) is 0 Å². The van der Waals surface area contributed by atoms with Gasteiger partial charge >= 0.3 is 0 Å². The van der Waals surface area contributed by atoms with Crippen LogP contribution >= 0.6 is 15.9 Å². The summed E-state index contributed by atoms with van der Waals surface area (Å²) in [6.45, 7) is 3.17. The van der Waals surface area contributed by atoms with Gasteiger partial charge in [0.1, 0.15) is 23.9 Å². The van der Waals surface area contributed by atoms with Crippen molar-refractivity contribution in [1.29, 1.82) is 0 Å². The van der Waals surface area contributed by atoms with Gasteiger partial charge in [0.25, 0.3) is 0 Å². The molecule has 4 aromatic rings. The molecule has 0 aliphatic carbocycles. The standard InChI is InChI=1S/C31H27BrN2O3/c1-2-35-25-13-8-22(9-14-25)28-19-29-27-18-24(32)12-17-30(27)37-31(34(29)33-28)23-10-15-26(16-11-23)36-20-21-6-4-3-5-7-21/h3-18,29,31H,2,19-20H2,1H3/t29-,31-/m0/s1. The summed E-state index contributed by atoms with van der Waals surface area (Å²) in [4.78, 5) is 0. The number of halogens is 1. The van der Waals surface area contributed by atoms with Crippen LogP contribution in [0.5, 0.6) is 17.2 Å². The van der Waals surface area contributed by atoms with E-state index in [9.17, 15) is 0 Å². The number of hydrogen-bond donors (Lipinski definition) is 0. The van der Waals surface area contributed by atoms with Crippen molar-refractivity contribution in [3.63, 3.8) is 0 Å². The highest BCUT2D eigenvalue weighted by atomic mass is 79.9. The third-order valence-electron chi connectivity index (χ3n) is 6.66. The Kier molecular flexibility index (Phi) is 6.58. The molecule has 0 amide bonds. The smallest absolute Gasteiger partial charge is 0.213 e. The fraction of sp³-hybridized carbons (Fsp3) is 0.194. The molecular formula is C31H27BrN2O3. The van der Waals surface area contributed by atoms with Crippen LogP contribution in [-0.2, 0) is 6.61 Å². The van der Waals surface area contributed by atoms with E-state index in [2.05, 4.69) is 63.4 Å². The van der Waals surface area contributed by atoms with E-state index >= 15 is 0 Å². The van der Waals surface area contributed by atoms with Gasteiger partial charge in [-0.05, 0) is 84.8 Å². The van der Waals surface area contributed by atoms with Crippen LogP contribution in [0.3, 0.4) is 0 Å². The molecule has 0 fully saturated rings. The first kappa shape index (κ1) is 23.6. The Bertz CT molecular complexity index is 1410. The lowest BCUT2D eigenvalue weighted by Crippen LogP contribution is -2.33. The average Bonchev–Trinajstić information content (AvgIpc) is 3.39. The first-order valence-corrected chi connectivity index (χ1v) is 13.3. The quantitative estimate of drug-likeness (QED) is 0.235. The third-order valence-corrected chi connectivity index (χ3v) is 7.16. The van der Waals surface area contributed by atoms with Gasteiger partial charge < -0.3 is 14.2 Å². The minimum Gasteiger partial charge on any atom is -0.494 e. The molecule has 186 valence electrons. The van der Waals surface area contributed by atoms with Gasteiger partial charge in [0.15, 0.2) is 0 Å². The van der Waals surface area contributed by atoms with Gasteiger partial charge in [-0.15, -0.1) is 0 Å². The number of nitrogens with zero attached hydrogens (tertiary/aromatic N) is 2. The number of ether oxygens (including phenoxy) is 3. The summed E-state index contributed by atoms with van der Waals surface area (Å²) in [6.07, 6.45) is 0.470. The molecule has 0 unspecified atom stereocenters. The lowest BCUT2D eigenvalue weighted by molar-refractivity contribution is -0.0191. The molecule has 6 heteroatoms. The van der Waals surface area contributed by atoms with E-state index in [1.54, 1.807) is 0 Å². The predicted octanol–water partition coefficient (Wildman–Crippen LogP) is 7.67. The van der Waals surface area contributed by atoms with E-state index in [0.29, 0.717) is 13.2 Å². The molecule has 4 aromatic carbocycles. The highest BCUT2D eigenvalue weighted by Gasteiger charge is 2.41. The second-order valence-corrected chi connectivity index (χ2v) is 10.0. The molecule has 0 spiro atoms. The van der Waals surface area contributed by atoms with Gasteiger partial charge in [0.05, 0.1) is 18.4 Å². The third kappa shape index (κ3) is 4.94. The Morgan fingerprint density at radius 1 is 0.892 bits per heavy atom. The Morgan fingerprint density at radius 3 is 2.38 bits per heavy atom. The molecule has 2 heterocycles. The normalized spacial score (nSPS) is 17.9. The van der Waals surface area contributed by atoms with Gasteiger partial charge in [-0.2, -0.15) is 5.10 Å². The van der Waals surface area contributed by atoms with Gasteiger partial charge in [-0.25, -0.2) is 5.01 Å². The zero-order chi connectivity index (χ0) is 25.2. The summed E-state index contributed by atoms with van der Waals surface area (Å²) >= 11 is 3.63. The van der Waals surface area contributed by atoms with Crippen molar-refractivity contribution in [3.05, 3.63) is 124 Å². The average molecular weight is 555 g/mol. The topological polar surface area (TPSA) is 43.3 Å². The largest absolute Gasteiger partial charge is 0.494 e. The maximum atomic E-state index is 6.53. The number of hydrazone groups is 1.